The van der Waals surface area contributed by atoms with Gasteiger partial charge in [-0.15, -0.1) is 0 Å². The van der Waals surface area contributed by atoms with Gasteiger partial charge < -0.3 is 29.5 Å². The summed E-state index contributed by atoms with van der Waals surface area (Å²) in [6.07, 6.45) is -2.99. The van der Waals surface area contributed by atoms with Crippen molar-refractivity contribution >= 4 is 28.0 Å². The number of fused-ring (bicyclic) bond motifs is 2. The van der Waals surface area contributed by atoms with Gasteiger partial charge in [0, 0.05) is 7.11 Å². The topological polar surface area (TPSA) is 131 Å². The Bertz CT molecular complexity index is 1230. The van der Waals surface area contributed by atoms with Crippen LogP contribution in [0.5, 0.6) is 0 Å². The molecule has 1 aliphatic heterocycles. The van der Waals surface area contributed by atoms with E-state index in [2.05, 4.69) is 4.98 Å². The molecule has 1 aliphatic rings. The zero-order valence-electron chi connectivity index (χ0n) is 19.2. The second-order valence-electron chi connectivity index (χ2n) is 8.39. The van der Waals surface area contributed by atoms with Crippen LogP contribution in [-0.4, -0.2) is 75.7 Å². The molecule has 1 saturated heterocycles. The molecule has 180 valence electrons. The number of allylic oxidation sites excluding steroid dienone is 1. The number of aliphatic hydroxyl groups is 3. The number of carbonyl (C=O) groups is 1. The highest BCUT2D eigenvalue weighted by Crippen LogP contribution is 2.27. The number of aliphatic hydroxyl groups excluding tert-OH is 3. The first kappa shape index (κ1) is 24.2. The Morgan fingerprint density at radius 3 is 2.50 bits per heavy atom. The Balaban J connectivity index is 1.71. The van der Waals surface area contributed by atoms with Gasteiger partial charge in [-0.1, -0.05) is 29.8 Å². The Morgan fingerprint density at radius 1 is 1.09 bits per heavy atom. The smallest absolute Gasteiger partial charge is 0.342 e. The van der Waals surface area contributed by atoms with Crippen molar-refractivity contribution in [2.24, 2.45) is 0 Å². The first-order valence-electron chi connectivity index (χ1n) is 11.0. The normalized spacial score (nSPS) is 25.6. The number of benzene rings is 2. The molecule has 2 heterocycles. The van der Waals surface area contributed by atoms with Gasteiger partial charge in [0.1, 0.15) is 23.8 Å². The second kappa shape index (κ2) is 10.1. The van der Waals surface area contributed by atoms with Crippen LogP contribution in [0.3, 0.4) is 0 Å². The van der Waals surface area contributed by atoms with Crippen molar-refractivity contribution in [1.82, 2.24) is 9.97 Å². The Labute approximate surface area is 196 Å². The molecule has 5 atom stereocenters. The maximum Gasteiger partial charge on any atom is 0.342 e. The fourth-order valence-electron chi connectivity index (χ4n) is 3.97. The molecule has 9 heteroatoms. The number of aromatic nitrogens is 2. The van der Waals surface area contributed by atoms with Crippen molar-refractivity contribution in [2.75, 3.05) is 13.7 Å². The van der Waals surface area contributed by atoms with E-state index in [1.54, 1.807) is 25.1 Å². The largest absolute Gasteiger partial charge is 0.429 e. The van der Waals surface area contributed by atoms with Gasteiger partial charge in [-0.05, 0) is 44.0 Å². The minimum absolute atomic E-state index is 0.0224. The van der Waals surface area contributed by atoms with E-state index in [9.17, 15) is 20.1 Å². The molecular formula is C25H28N2O7. The molecule has 3 aromatic rings. The predicted octanol–water partition coefficient (Wildman–Crippen LogP) is 1.90. The van der Waals surface area contributed by atoms with Gasteiger partial charge in [-0.25, -0.2) is 14.8 Å². The predicted molar refractivity (Wildman–Crippen MR) is 124 cm³/mol. The van der Waals surface area contributed by atoms with E-state index in [-0.39, 0.29) is 12.2 Å². The average Bonchev–Trinajstić information content (AvgIpc) is 2.84. The molecule has 0 unspecified atom stereocenters. The summed E-state index contributed by atoms with van der Waals surface area (Å²) in [6.45, 7) is 3.40. The molecule has 0 amide bonds. The van der Waals surface area contributed by atoms with Gasteiger partial charge in [-0.3, -0.25) is 0 Å². The maximum atomic E-state index is 13.2. The number of ether oxygens (including phenoxy) is 3. The van der Waals surface area contributed by atoms with Gasteiger partial charge in [0.15, 0.2) is 0 Å². The monoisotopic (exact) mass is 468 g/mol. The summed E-state index contributed by atoms with van der Waals surface area (Å²) >= 11 is 0. The van der Waals surface area contributed by atoms with Gasteiger partial charge in [0.05, 0.1) is 34.8 Å². The number of rotatable bonds is 6. The van der Waals surface area contributed by atoms with Crippen LogP contribution in [-0.2, 0) is 20.6 Å². The van der Waals surface area contributed by atoms with Crippen LogP contribution in [0.4, 0.5) is 0 Å². The van der Waals surface area contributed by atoms with Crippen molar-refractivity contribution in [1.29, 1.82) is 0 Å². The summed E-state index contributed by atoms with van der Waals surface area (Å²) in [6, 6.07) is 10.7. The van der Waals surface area contributed by atoms with Gasteiger partial charge in [0.2, 0.25) is 6.29 Å². The van der Waals surface area contributed by atoms with Gasteiger partial charge in [-0.2, -0.15) is 0 Å². The zero-order valence-corrected chi connectivity index (χ0v) is 19.2. The highest BCUT2D eigenvalue weighted by molar-refractivity contribution is 6.03. The zero-order chi connectivity index (χ0) is 24.4. The second-order valence-corrected chi connectivity index (χ2v) is 8.39. The molecule has 0 spiro atoms. The van der Waals surface area contributed by atoms with E-state index in [1.807, 2.05) is 31.2 Å². The van der Waals surface area contributed by atoms with E-state index < -0.39 is 36.7 Å². The van der Waals surface area contributed by atoms with Crippen molar-refractivity contribution < 1.29 is 34.3 Å². The summed E-state index contributed by atoms with van der Waals surface area (Å²) in [5.74, 6) is -0.712. The third kappa shape index (κ3) is 4.66. The van der Waals surface area contributed by atoms with Crippen molar-refractivity contribution in [3.8, 4) is 0 Å². The van der Waals surface area contributed by atoms with Gasteiger partial charge in [0.25, 0.3) is 0 Å². The lowest BCUT2D eigenvalue weighted by molar-refractivity contribution is -0.281. The Hall–Kier alpha value is -2.95. The highest BCUT2D eigenvalue weighted by atomic mass is 16.7. The summed E-state index contributed by atoms with van der Waals surface area (Å²) in [4.78, 5) is 22.6. The molecule has 34 heavy (non-hydrogen) atoms. The van der Waals surface area contributed by atoms with Crippen molar-refractivity contribution in [3.63, 3.8) is 0 Å². The van der Waals surface area contributed by atoms with Crippen LogP contribution in [0.1, 0.15) is 29.8 Å². The summed E-state index contributed by atoms with van der Waals surface area (Å²) in [5.41, 5.74) is 4.17. The molecular weight excluding hydrogens is 440 g/mol. The van der Waals surface area contributed by atoms with Crippen molar-refractivity contribution in [2.45, 2.75) is 51.0 Å². The number of nitrogens with zero attached hydrogens (tertiary/aromatic N) is 2. The minimum Gasteiger partial charge on any atom is -0.429 e. The van der Waals surface area contributed by atoms with E-state index in [0.29, 0.717) is 28.5 Å². The number of esters is 1. The summed E-state index contributed by atoms with van der Waals surface area (Å²) in [7, 11) is 1.34. The highest BCUT2D eigenvalue weighted by Gasteiger charge is 2.45. The number of para-hydroxylation sites is 2. The van der Waals surface area contributed by atoms with Crippen LogP contribution >= 0.6 is 0 Å². The third-order valence-corrected chi connectivity index (χ3v) is 6.00. The fraction of sp³-hybridized carbons (Fsp3) is 0.400. The molecule has 1 aromatic heterocycles. The molecule has 0 radical (unpaired) electrons. The lowest BCUT2D eigenvalue weighted by atomic mass is 10.00. The van der Waals surface area contributed by atoms with E-state index >= 15 is 0 Å². The first-order valence-corrected chi connectivity index (χ1v) is 11.0. The standard InChI is InChI=1S/C25H28N2O7/c1-13(12-28)10-11-15-6-4-8-17-19(15)27-20-16(7-5-9-18(20)26-17)24(31)34-25-23(32-3)22(30)21(29)14(2)33-25/h4-10,14,21-23,25,28-30H,11-12H2,1-3H3/b13-10+/t14-,21-,22+,23+,25-/m0/s1. The Morgan fingerprint density at radius 2 is 1.79 bits per heavy atom. The van der Waals surface area contributed by atoms with E-state index in [1.165, 1.54) is 7.11 Å². The summed E-state index contributed by atoms with van der Waals surface area (Å²) < 4.78 is 16.4. The molecule has 9 nitrogen and oxygen atoms in total. The minimum atomic E-state index is -1.28. The molecule has 4 rings (SSSR count). The van der Waals surface area contributed by atoms with Crippen molar-refractivity contribution in [3.05, 3.63) is 59.2 Å². The van der Waals surface area contributed by atoms with Gasteiger partial charge >= 0.3 is 5.97 Å². The summed E-state index contributed by atoms with van der Waals surface area (Å²) in [5, 5.41) is 29.6. The lowest BCUT2D eigenvalue weighted by Gasteiger charge is -2.40. The van der Waals surface area contributed by atoms with E-state index in [4.69, 9.17) is 19.2 Å². The van der Waals surface area contributed by atoms with Crippen LogP contribution < -0.4 is 0 Å². The van der Waals surface area contributed by atoms with Crippen LogP contribution in [0.15, 0.2) is 48.0 Å². The number of methoxy groups -OCH3 is 1. The molecule has 3 N–H and O–H groups in total. The molecule has 0 saturated carbocycles. The van der Waals surface area contributed by atoms with Crippen LogP contribution in [0.2, 0.25) is 0 Å². The van der Waals surface area contributed by atoms with Crippen LogP contribution in [0.25, 0.3) is 22.1 Å². The third-order valence-electron chi connectivity index (χ3n) is 6.00. The average molecular weight is 469 g/mol. The number of hydrogen-bond acceptors (Lipinski definition) is 9. The number of carbonyl (C=O) groups excluding carboxylic acids is 1. The van der Waals surface area contributed by atoms with Crippen LogP contribution in [0, 0.1) is 0 Å². The maximum absolute atomic E-state index is 13.2. The quantitative estimate of drug-likeness (QED) is 0.282. The molecule has 0 aliphatic carbocycles. The van der Waals surface area contributed by atoms with E-state index in [0.717, 1.165) is 11.1 Å². The fourth-order valence-corrected chi connectivity index (χ4v) is 3.97. The number of hydrogen-bond donors (Lipinski definition) is 3. The first-order chi connectivity index (χ1) is 16.3. The molecule has 0 bridgehead atoms. The lowest BCUT2D eigenvalue weighted by Crippen LogP contribution is -2.58. The Kier molecular flexibility index (Phi) is 7.20. The molecule has 1 fully saturated rings. The SMILES string of the molecule is CO[C@H]1[C@H](OC(=O)c2cccc3nc4cccc(C/C=C(\C)CO)c4nc23)O[C@@H](C)[C@H](O)[C@H]1O. The molecule has 2 aromatic carbocycles.